The molecule has 1 atom stereocenters. The van der Waals surface area contributed by atoms with Crippen LogP contribution in [0.1, 0.15) is 27.6 Å². The Morgan fingerprint density at radius 1 is 1.25 bits per heavy atom. The zero-order chi connectivity index (χ0) is 19.3. The van der Waals surface area contributed by atoms with Crippen molar-refractivity contribution in [1.82, 2.24) is 19.7 Å². The maximum Gasteiger partial charge on any atom is 0.288 e. The number of benzene rings is 2. The van der Waals surface area contributed by atoms with Crippen molar-refractivity contribution in [1.29, 1.82) is 0 Å². The van der Waals surface area contributed by atoms with Gasteiger partial charge in [-0.15, -0.1) is 5.10 Å². The first-order valence-electron chi connectivity index (χ1n) is 9.02. The lowest BCUT2D eigenvalue weighted by Gasteiger charge is -2.37. The second kappa shape index (κ2) is 6.15. The molecule has 1 saturated heterocycles. The number of rotatable bonds is 3. The molecule has 3 aromatic rings. The first kappa shape index (κ1) is 16.9. The van der Waals surface area contributed by atoms with E-state index in [4.69, 9.17) is 15.2 Å². The Labute approximate surface area is 161 Å². The predicted molar refractivity (Wildman–Crippen MR) is 100 cm³/mol. The summed E-state index contributed by atoms with van der Waals surface area (Å²) in [5.74, 6) is 0.707. The molecule has 2 aliphatic heterocycles. The van der Waals surface area contributed by atoms with Crippen LogP contribution in [0.25, 0.3) is 5.69 Å². The third-order valence-corrected chi connectivity index (χ3v) is 5.31. The molecule has 5 rings (SSSR count). The van der Waals surface area contributed by atoms with E-state index >= 15 is 0 Å². The number of methoxy groups -OCH3 is 1. The molecule has 28 heavy (non-hydrogen) atoms. The first-order chi connectivity index (χ1) is 13.6. The fourth-order valence-electron chi connectivity index (χ4n) is 4.09. The van der Waals surface area contributed by atoms with Crippen LogP contribution in [0.2, 0.25) is 0 Å². The summed E-state index contributed by atoms with van der Waals surface area (Å²) >= 11 is 0. The third kappa shape index (κ3) is 2.28. The summed E-state index contributed by atoms with van der Waals surface area (Å²) in [6.45, 7) is 1.75. The third-order valence-electron chi connectivity index (χ3n) is 5.31. The predicted octanol–water partition coefficient (Wildman–Crippen LogP) is 1.42. The number of amides is 1. The fraction of sp³-hybridized carbons (Fsp3) is 0.250. The zero-order valence-electron chi connectivity index (χ0n) is 15.3. The molecule has 0 aliphatic carbocycles. The Morgan fingerprint density at radius 2 is 2.07 bits per heavy atom. The van der Waals surface area contributed by atoms with Crippen molar-refractivity contribution in [3.63, 3.8) is 0 Å². The molecule has 1 amide bonds. The summed E-state index contributed by atoms with van der Waals surface area (Å²) in [7, 11) is 1.63. The minimum absolute atomic E-state index is 0.00379. The molecule has 2 N–H and O–H groups in total. The van der Waals surface area contributed by atoms with Crippen molar-refractivity contribution in [3.8, 4) is 11.4 Å². The van der Waals surface area contributed by atoms with Gasteiger partial charge >= 0.3 is 0 Å². The van der Waals surface area contributed by atoms with Gasteiger partial charge in [-0.1, -0.05) is 30.3 Å². The molecule has 0 radical (unpaired) electrons. The van der Waals surface area contributed by atoms with Crippen LogP contribution in [0.4, 0.5) is 0 Å². The standard InChI is InChI=1S/C20H19N5O3/c1-27-14-7-8-16-15(11-14)20(13-5-3-2-4-6-13)24(9-10-28-20)12-17-22-19(18(21)26)23-25(16)17/h2-8,11H,9-10,12H2,1H3,(H2,21,26). The summed E-state index contributed by atoms with van der Waals surface area (Å²) in [6, 6.07) is 15.8. The number of primary amides is 1. The molecule has 1 aromatic heterocycles. The average Bonchev–Trinajstić information content (AvgIpc) is 3.32. The Kier molecular flexibility index (Phi) is 3.71. The van der Waals surface area contributed by atoms with Crippen molar-refractivity contribution in [2.24, 2.45) is 5.73 Å². The largest absolute Gasteiger partial charge is 0.497 e. The molecular weight excluding hydrogens is 358 g/mol. The quantitative estimate of drug-likeness (QED) is 0.742. The molecule has 0 spiro atoms. The van der Waals surface area contributed by atoms with Crippen molar-refractivity contribution in [2.75, 3.05) is 20.3 Å². The van der Waals surface area contributed by atoms with Gasteiger partial charge in [0.15, 0.2) is 5.72 Å². The van der Waals surface area contributed by atoms with Crippen LogP contribution in [-0.2, 0) is 17.0 Å². The minimum atomic E-state index is -0.791. The fourth-order valence-corrected chi connectivity index (χ4v) is 4.09. The number of aromatic nitrogens is 3. The van der Waals surface area contributed by atoms with Crippen LogP contribution in [0, 0.1) is 0 Å². The van der Waals surface area contributed by atoms with Crippen molar-refractivity contribution in [3.05, 3.63) is 71.3 Å². The maximum atomic E-state index is 11.7. The van der Waals surface area contributed by atoms with Crippen LogP contribution >= 0.6 is 0 Å². The first-order valence-corrected chi connectivity index (χ1v) is 9.02. The van der Waals surface area contributed by atoms with Gasteiger partial charge in [0.1, 0.15) is 11.6 Å². The SMILES string of the molecule is COc1ccc2c(c1)C1(c3ccccc3)OCCN1Cc1nc(C(N)=O)nn1-2. The molecule has 2 aliphatic rings. The monoisotopic (exact) mass is 377 g/mol. The Balaban J connectivity index is 1.83. The minimum Gasteiger partial charge on any atom is -0.497 e. The summed E-state index contributed by atoms with van der Waals surface area (Å²) < 4.78 is 13.6. The highest BCUT2D eigenvalue weighted by atomic mass is 16.5. The van der Waals surface area contributed by atoms with Gasteiger partial charge < -0.3 is 15.2 Å². The van der Waals surface area contributed by atoms with E-state index in [0.717, 1.165) is 16.8 Å². The van der Waals surface area contributed by atoms with Gasteiger partial charge in [-0.2, -0.15) is 0 Å². The summed E-state index contributed by atoms with van der Waals surface area (Å²) in [5.41, 5.74) is 7.31. The zero-order valence-corrected chi connectivity index (χ0v) is 15.3. The van der Waals surface area contributed by atoms with E-state index in [-0.39, 0.29) is 5.82 Å². The number of carbonyl (C=O) groups is 1. The van der Waals surface area contributed by atoms with Crippen molar-refractivity contribution < 1.29 is 14.3 Å². The highest BCUT2D eigenvalue weighted by Gasteiger charge is 2.49. The molecule has 3 heterocycles. The summed E-state index contributed by atoms with van der Waals surface area (Å²) in [6.07, 6.45) is 0. The summed E-state index contributed by atoms with van der Waals surface area (Å²) in [5, 5.41) is 4.37. The smallest absolute Gasteiger partial charge is 0.288 e. The Hall–Kier alpha value is -3.23. The number of hydrogen-bond donors (Lipinski definition) is 1. The molecule has 142 valence electrons. The van der Waals surface area contributed by atoms with Gasteiger partial charge in [0, 0.05) is 17.7 Å². The average molecular weight is 377 g/mol. The molecule has 8 nitrogen and oxygen atoms in total. The highest BCUT2D eigenvalue weighted by Crippen LogP contribution is 2.46. The van der Waals surface area contributed by atoms with Gasteiger partial charge in [0.25, 0.3) is 5.91 Å². The lowest BCUT2D eigenvalue weighted by Crippen LogP contribution is -2.42. The van der Waals surface area contributed by atoms with Crippen LogP contribution in [0.5, 0.6) is 5.75 Å². The molecule has 0 bridgehead atoms. The number of ether oxygens (including phenoxy) is 2. The second-order valence-electron chi connectivity index (χ2n) is 6.79. The van der Waals surface area contributed by atoms with Gasteiger partial charge in [0.2, 0.25) is 5.82 Å². The highest BCUT2D eigenvalue weighted by molar-refractivity contribution is 5.88. The molecule has 0 saturated carbocycles. The van der Waals surface area contributed by atoms with Crippen molar-refractivity contribution >= 4 is 5.91 Å². The van der Waals surface area contributed by atoms with Crippen molar-refractivity contribution in [2.45, 2.75) is 12.3 Å². The molecule has 1 fully saturated rings. The van der Waals surface area contributed by atoms with E-state index in [1.165, 1.54) is 0 Å². The lowest BCUT2D eigenvalue weighted by atomic mass is 9.91. The summed E-state index contributed by atoms with van der Waals surface area (Å²) in [4.78, 5) is 18.2. The number of nitrogens with two attached hydrogens (primary N) is 1. The van der Waals surface area contributed by atoms with Gasteiger partial charge in [-0.05, 0) is 18.2 Å². The number of fused-ring (bicyclic) bond motifs is 5. The number of hydrogen-bond acceptors (Lipinski definition) is 6. The molecule has 1 unspecified atom stereocenters. The van der Waals surface area contributed by atoms with E-state index in [2.05, 4.69) is 27.1 Å². The normalized spacial score (nSPS) is 20.8. The van der Waals surface area contributed by atoms with E-state index in [1.54, 1.807) is 11.8 Å². The maximum absolute atomic E-state index is 11.7. The van der Waals surface area contributed by atoms with E-state index in [1.807, 2.05) is 36.4 Å². The van der Waals surface area contributed by atoms with E-state index in [0.29, 0.717) is 31.3 Å². The molecule has 2 aromatic carbocycles. The van der Waals surface area contributed by atoms with Crippen LogP contribution < -0.4 is 10.5 Å². The second-order valence-corrected chi connectivity index (χ2v) is 6.79. The topological polar surface area (TPSA) is 95.5 Å². The van der Waals surface area contributed by atoms with Gasteiger partial charge in [-0.3, -0.25) is 9.69 Å². The van der Waals surface area contributed by atoms with Gasteiger partial charge in [-0.25, -0.2) is 9.67 Å². The molecular formula is C20H19N5O3. The van der Waals surface area contributed by atoms with Gasteiger partial charge in [0.05, 0.1) is 25.9 Å². The van der Waals surface area contributed by atoms with Crippen LogP contribution in [-0.4, -0.2) is 45.8 Å². The Morgan fingerprint density at radius 3 is 2.82 bits per heavy atom. The van der Waals surface area contributed by atoms with E-state index in [9.17, 15) is 4.79 Å². The Bertz CT molecular complexity index is 1060. The van der Waals surface area contributed by atoms with Crippen LogP contribution in [0.15, 0.2) is 48.5 Å². The van der Waals surface area contributed by atoms with E-state index < -0.39 is 11.6 Å². The number of carbonyl (C=O) groups excluding carboxylic acids is 1. The lowest BCUT2D eigenvalue weighted by molar-refractivity contribution is -0.0552. The number of nitrogens with zero attached hydrogens (tertiary/aromatic N) is 4. The molecule has 8 heteroatoms. The van der Waals surface area contributed by atoms with Crippen LogP contribution in [0.3, 0.4) is 0 Å².